The zero-order valence-electron chi connectivity index (χ0n) is 21.7. The summed E-state index contributed by atoms with van der Waals surface area (Å²) in [7, 11) is 0. The summed E-state index contributed by atoms with van der Waals surface area (Å²) in [5, 5.41) is 11.7. The van der Waals surface area contributed by atoms with E-state index in [1.165, 1.54) is 12.8 Å². The predicted octanol–water partition coefficient (Wildman–Crippen LogP) is 4.18. The zero-order valence-corrected chi connectivity index (χ0v) is 21.7. The van der Waals surface area contributed by atoms with Gasteiger partial charge in [0.2, 0.25) is 11.8 Å². The lowest BCUT2D eigenvalue weighted by atomic mass is 9.85. The Labute approximate surface area is 208 Å². The van der Waals surface area contributed by atoms with E-state index in [1.54, 1.807) is 9.58 Å². The Morgan fingerprint density at radius 2 is 2.00 bits per heavy atom. The number of hydrogen-bond acceptors (Lipinski definition) is 5. The maximum atomic E-state index is 13.8. The fourth-order valence-electron chi connectivity index (χ4n) is 4.82. The Balaban J connectivity index is 1.37. The number of nitrogens with zero attached hydrogens (tertiary/aromatic N) is 5. The van der Waals surface area contributed by atoms with Crippen molar-refractivity contribution in [2.24, 2.45) is 16.3 Å². The number of rotatable bonds is 10. The van der Waals surface area contributed by atoms with Crippen LogP contribution < -0.4 is 5.32 Å². The molecule has 0 aromatic carbocycles. The number of nitrogens with one attached hydrogen (secondary N) is 1. The van der Waals surface area contributed by atoms with Gasteiger partial charge >= 0.3 is 0 Å². The van der Waals surface area contributed by atoms with Crippen LogP contribution in [0, 0.1) is 11.3 Å². The summed E-state index contributed by atoms with van der Waals surface area (Å²) in [6.07, 6.45) is 12.7. The van der Waals surface area contributed by atoms with Gasteiger partial charge in [-0.1, -0.05) is 38.6 Å². The number of likely N-dealkylation sites (tertiary alicyclic amines) is 1. The van der Waals surface area contributed by atoms with E-state index in [0.717, 1.165) is 36.4 Å². The third-order valence-corrected chi connectivity index (χ3v) is 7.01. The van der Waals surface area contributed by atoms with Gasteiger partial charge in [0.15, 0.2) is 0 Å². The second-order valence-corrected chi connectivity index (χ2v) is 11.3. The molecule has 2 heterocycles. The van der Waals surface area contributed by atoms with Crippen LogP contribution in [0.3, 0.4) is 0 Å². The van der Waals surface area contributed by atoms with Gasteiger partial charge in [-0.3, -0.25) is 14.6 Å². The lowest BCUT2D eigenvalue weighted by Gasteiger charge is -2.34. The van der Waals surface area contributed by atoms with Crippen molar-refractivity contribution in [1.29, 1.82) is 0 Å². The van der Waals surface area contributed by atoms with Crippen LogP contribution in [0.4, 0.5) is 0 Å². The number of allylic oxidation sites excluding steroid dienone is 2. The van der Waals surface area contributed by atoms with E-state index in [2.05, 4.69) is 33.3 Å². The van der Waals surface area contributed by atoms with Crippen LogP contribution in [0.2, 0.25) is 0 Å². The highest BCUT2D eigenvalue weighted by Crippen LogP contribution is 2.40. The molecule has 8 heteroatoms. The van der Waals surface area contributed by atoms with Gasteiger partial charge in [0.25, 0.3) is 0 Å². The Kier molecular flexibility index (Phi) is 7.57. The molecule has 8 nitrogen and oxygen atoms in total. The first kappa shape index (κ1) is 25.3. The van der Waals surface area contributed by atoms with Crippen LogP contribution in [-0.4, -0.2) is 56.6 Å². The van der Waals surface area contributed by atoms with Crippen molar-refractivity contribution in [3.63, 3.8) is 0 Å². The minimum absolute atomic E-state index is 0.0585. The van der Waals surface area contributed by atoms with Crippen LogP contribution >= 0.6 is 0 Å². The molecule has 2 saturated carbocycles. The number of carbonyl (C=O) groups excluding carboxylic acids is 2. The van der Waals surface area contributed by atoms with Gasteiger partial charge in [0.05, 0.1) is 5.69 Å². The fourth-order valence-corrected chi connectivity index (χ4v) is 4.82. The van der Waals surface area contributed by atoms with Crippen LogP contribution in [0.1, 0.15) is 90.3 Å². The molecule has 3 fully saturated rings. The molecule has 1 aromatic rings. The summed E-state index contributed by atoms with van der Waals surface area (Å²) >= 11 is 0. The lowest BCUT2D eigenvalue weighted by Crippen LogP contribution is -2.50. The first-order valence-electron chi connectivity index (χ1n) is 13.1. The minimum atomic E-state index is -0.502. The Morgan fingerprint density at radius 3 is 2.63 bits per heavy atom. The second-order valence-electron chi connectivity index (χ2n) is 11.3. The van der Waals surface area contributed by atoms with E-state index < -0.39 is 12.1 Å². The summed E-state index contributed by atoms with van der Waals surface area (Å²) in [6.45, 7) is 13.2. The maximum absolute atomic E-state index is 13.8. The smallest absolute Gasteiger partial charge is 0.248 e. The van der Waals surface area contributed by atoms with Crippen molar-refractivity contribution in [2.45, 2.75) is 90.6 Å². The molecule has 3 aliphatic rings. The molecule has 0 spiro atoms. The van der Waals surface area contributed by atoms with Gasteiger partial charge < -0.3 is 10.2 Å². The molecule has 2 atom stereocenters. The third kappa shape index (κ3) is 6.27. The SMILES string of the molecule is C=C(CCNC(=O)[C@@H]1CCCN1C(=O)C(n1cc(C2CC2)nn1)C(C)(C)C)N=C(/C=C\C)C1CC1. The maximum Gasteiger partial charge on any atom is 0.248 e. The molecule has 2 amide bonds. The summed E-state index contributed by atoms with van der Waals surface area (Å²) < 4.78 is 1.72. The Morgan fingerprint density at radius 1 is 1.26 bits per heavy atom. The molecule has 4 rings (SSSR count). The number of amides is 2. The Bertz CT molecular complexity index is 1010. The molecular weight excluding hydrogens is 440 g/mol. The molecule has 190 valence electrons. The van der Waals surface area contributed by atoms with E-state index in [9.17, 15) is 9.59 Å². The monoisotopic (exact) mass is 480 g/mol. The number of aliphatic imine (C=N–C) groups is 1. The van der Waals surface area contributed by atoms with Crippen LogP contribution in [-0.2, 0) is 9.59 Å². The Hall–Kier alpha value is -2.77. The molecule has 1 aliphatic heterocycles. The first-order valence-corrected chi connectivity index (χ1v) is 13.1. The minimum Gasteiger partial charge on any atom is -0.354 e. The van der Waals surface area contributed by atoms with E-state index in [0.29, 0.717) is 37.8 Å². The van der Waals surface area contributed by atoms with Gasteiger partial charge in [-0.2, -0.15) is 0 Å². The van der Waals surface area contributed by atoms with Gasteiger partial charge in [0.1, 0.15) is 12.1 Å². The largest absolute Gasteiger partial charge is 0.354 e. The normalized spacial score (nSPS) is 22.0. The van der Waals surface area contributed by atoms with E-state index >= 15 is 0 Å². The summed E-state index contributed by atoms with van der Waals surface area (Å²) in [6, 6.07) is -0.960. The van der Waals surface area contributed by atoms with E-state index in [1.807, 2.05) is 40.0 Å². The van der Waals surface area contributed by atoms with Gasteiger partial charge in [-0.25, -0.2) is 4.68 Å². The second kappa shape index (κ2) is 10.5. The number of carbonyl (C=O) groups is 2. The summed E-state index contributed by atoms with van der Waals surface area (Å²) in [4.78, 5) is 33.3. The third-order valence-electron chi connectivity index (χ3n) is 7.01. The summed E-state index contributed by atoms with van der Waals surface area (Å²) in [5.41, 5.74) is 2.46. The van der Waals surface area contributed by atoms with Crippen LogP contribution in [0.25, 0.3) is 0 Å². The zero-order chi connectivity index (χ0) is 25.2. The fraction of sp³-hybridized carbons (Fsp3) is 0.667. The molecule has 0 radical (unpaired) electrons. The van der Waals surface area contributed by atoms with Gasteiger partial charge in [-0.15, -0.1) is 5.10 Å². The molecule has 1 N–H and O–H groups in total. The average molecular weight is 481 g/mol. The highest BCUT2D eigenvalue weighted by atomic mass is 16.2. The lowest BCUT2D eigenvalue weighted by molar-refractivity contribution is -0.144. The predicted molar refractivity (Wildman–Crippen MR) is 137 cm³/mol. The first-order chi connectivity index (χ1) is 16.7. The van der Waals surface area contributed by atoms with Crippen molar-refractivity contribution < 1.29 is 9.59 Å². The molecule has 1 saturated heterocycles. The van der Waals surface area contributed by atoms with Gasteiger partial charge in [-0.05, 0) is 56.9 Å². The van der Waals surface area contributed by atoms with Crippen molar-refractivity contribution in [3.8, 4) is 0 Å². The van der Waals surface area contributed by atoms with Crippen molar-refractivity contribution in [2.75, 3.05) is 13.1 Å². The highest BCUT2D eigenvalue weighted by molar-refractivity contribution is 5.99. The number of aromatic nitrogens is 3. The van der Waals surface area contributed by atoms with E-state index in [-0.39, 0.29) is 17.2 Å². The molecule has 1 unspecified atom stereocenters. The number of hydrogen-bond donors (Lipinski definition) is 1. The molecule has 35 heavy (non-hydrogen) atoms. The van der Waals surface area contributed by atoms with Crippen LogP contribution in [0.5, 0.6) is 0 Å². The van der Waals surface area contributed by atoms with Gasteiger partial charge in [0, 0.05) is 49.0 Å². The van der Waals surface area contributed by atoms with Crippen molar-refractivity contribution in [3.05, 3.63) is 36.3 Å². The standard InChI is InChI=1S/C27H40N6O2/c1-6-8-21(19-10-11-19)29-18(2)14-15-28-25(34)23-9-7-16-32(23)26(35)24(27(3,4)5)33-17-22(30-31-33)20-12-13-20/h6,8,17,19-20,23-24H,2,7,9-16H2,1,3-5H3,(H,28,34)/b8-6-,29-21?/t23-,24?/m0/s1. The highest BCUT2D eigenvalue weighted by Gasteiger charge is 2.43. The average Bonchev–Trinajstić information content (AvgIpc) is 3.72. The van der Waals surface area contributed by atoms with E-state index in [4.69, 9.17) is 0 Å². The quantitative estimate of drug-likeness (QED) is 0.509. The molecule has 0 bridgehead atoms. The van der Waals surface area contributed by atoms with Crippen LogP contribution in [0.15, 0.2) is 35.6 Å². The van der Waals surface area contributed by atoms with Crippen molar-refractivity contribution >= 4 is 17.5 Å². The molecular formula is C27H40N6O2. The summed E-state index contributed by atoms with van der Waals surface area (Å²) in [5.74, 6) is 0.865. The van der Waals surface area contributed by atoms with Crippen molar-refractivity contribution in [1.82, 2.24) is 25.2 Å². The molecule has 2 aliphatic carbocycles. The topological polar surface area (TPSA) is 92.5 Å². The molecule has 1 aromatic heterocycles.